The fourth-order valence-corrected chi connectivity index (χ4v) is 1.65. The van der Waals surface area contributed by atoms with Crippen LogP contribution in [0.3, 0.4) is 0 Å². The molecule has 106 valence electrons. The number of anilines is 1. The summed E-state index contributed by atoms with van der Waals surface area (Å²) in [5.74, 6) is -1.60. The van der Waals surface area contributed by atoms with Gasteiger partial charge in [0.1, 0.15) is 11.4 Å². The summed E-state index contributed by atoms with van der Waals surface area (Å²) in [5.41, 5.74) is 6.14. The maximum Gasteiger partial charge on any atom is 0.201 e. The molecule has 0 unspecified atom stereocenters. The number of ether oxygens (including phenoxy) is 2. The summed E-state index contributed by atoms with van der Waals surface area (Å²) >= 11 is 0. The van der Waals surface area contributed by atoms with E-state index in [1.165, 1.54) is 12.1 Å². The molecule has 20 heavy (non-hydrogen) atoms. The van der Waals surface area contributed by atoms with E-state index >= 15 is 0 Å². The summed E-state index contributed by atoms with van der Waals surface area (Å²) in [4.78, 5) is 0. The first-order valence-electron chi connectivity index (χ1n) is 6.16. The van der Waals surface area contributed by atoms with Crippen molar-refractivity contribution < 1.29 is 18.3 Å². The SMILES string of the molecule is CC(C)Oc1cccc(Oc2cccc(F)c2F)c1N. The number of nitrogen functional groups attached to an aromatic ring is 1. The van der Waals surface area contributed by atoms with E-state index in [1.54, 1.807) is 18.2 Å². The Morgan fingerprint density at radius 2 is 1.55 bits per heavy atom. The summed E-state index contributed by atoms with van der Waals surface area (Å²) in [6.45, 7) is 3.72. The number of hydrogen-bond donors (Lipinski definition) is 1. The van der Waals surface area contributed by atoms with Crippen molar-refractivity contribution in [1.82, 2.24) is 0 Å². The van der Waals surface area contributed by atoms with Gasteiger partial charge in [-0.3, -0.25) is 0 Å². The van der Waals surface area contributed by atoms with Crippen molar-refractivity contribution in [2.75, 3.05) is 5.73 Å². The van der Waals surface area contributed by atoms with Crippen LogP contribution in [0.25, 0.3) is 0 Å². The minimum absolute atomic E-state index is 0.0570. The lowest BCUT2D eigenvalue weighted by Crippen LogP contribution is -2.08. The number of halogens is 2. The molecule has 0 radical (unpaired) electrons. The van der Waals surface area contributed by atoms with Crippen LogP contribution in [-0.2, 0) is 0 Å². The van der Waals surface area contributed by atoms with Crippen LogP contribution in [0, 0.1) is 11.6 Å². The third kappa shape index (κ3) is 2.99. The summed E-state index contributed by atoms with van der Waals surface area (Å²) in [7, 11) is 0. The smallest absolute Gasteiger partial charge is 0.201 e. The Labute approximate surface area is 115 Å². The Hall–Kier alpha value is -2.30. The van der Waals surface area contributed by atoms with E-state index in [0.717, 1.165) is 6.07 Å². The van der Waals surface area contributed by atoms with E-state index in [9.17, 15) is 8.78 Å². The lowest BCUT2D eigenvalue weighted by atomic mass is 10.2. The fourth-order valence-electron chi connectivity index (χ4n) is 1.65. The molecule has 0 aliphatic heterocycles. The standard InChI is InChI=1S/C15H15F2NO2/c1-9(2)19-12-7-4-8-13(15(12)18)20-11-6-3-5-10(16)14(11)17/h3-9H,18H2,1-2H3. The predicted octanol–water partition coefficient (Wildman–Crippen LogP) is 4.13. The summed E-state index contributed by atoms with van der Waals surface area (Å²) in [5, 5.41) is 0. The van der Waals surface area contributed by atoms with Crippen molar-refractivity contribution in [3.63, 3.8) is 0 Å². The van der Waals surface area contributed by atoms with Gasteiger partial charge in [-0.05, 0) is 38.1 Å². The van der Waals surface area contributed by atoms with Crippen LogP contribution >= 0.6 is 0 Å². The van der Waals surface area contributed by atoms with E-state index in [-0.39, 0.29) is 23.3 Å². The minimum Gasteiger partial charge on any atom is -0.489 e. The maximum atomic E-state index is 13.6. The molecule has 0 aromatic heterocycles. The zero-order valence-corrected chi connectivity index (χ0v) is 11.2. The largest absolute Gasteiger partial charge is 0.489 e. The Kier molecular flexibility index (Phi) is 4.08. The summed E-state index contributed by atoms with van der Waals surface area (Å²) in [6, 6.07) is 8.62. The van der Waals surface area contributed by atoms with E-state index in [1.807, 2.05) is 13.8 Å². The normalized spacial score (nSPS) is 10.7. The molecule has 2 aromatic rings. The lowest BCUT2D eigenvalue weighted by Gasteiger charge is -2.15. The van der Waals surface area contributed by atoms with Gasteiger partial charge in [0.15, 0.2) is 17.3 Å². The minimum atomic E-state index is -1.05. The average Bonchev–Trinajstić information content (AvgIpc) is 2.39. The van der Waals surface area contributed by atoms with Crippen molar-refractivity contribution >= 4 is 5.69 Å². The van der Waals surface area contributed by atoms with Gasteiger partial charge in [0, 0.05) is 0 Å². The Balaban J connectivity index is 2.32. The molecule has 0 aliphatic carbocycles. The number of nitrogens with two attached hydrogens (primary N) is 1. The molecular formula is C15H15F2NO2. The molecule has 5 heteroatoms. The van der Waals surface area contributed by atoms with Gasteiger partial charge in [0.2, 0.25) is 5.82 Å². The highest BCUT2D eigenvalue weighted by Gasteiger charge is 2.13. The molecule has 0 heterocycles. The molecule has 3 nitrogen and oxygen atoms in total. The van der Waals surface area contributed by atoms with Crippen molar-refractivity contribution in [2.24, 2.45) is 0 Å². The summed E-state index contributed by atoms with van der Waals surface area (Å²) < 4.78 is 37.5. The number of para-hydroxylation sites is 1. The van der Waals surface area contributed by atoms with E-state index in [4.69, 9.17) is 15.2 Å². The van der Waals surface area contributed by atoms with Gasteiger partial charge in [-0.15, -0.1) is 0 Å². The monoisotopic (exact) mass is 279 g/mol. The van der Waals surface area contributed by atoms with Gasteiger partial charge in [0.25, 0.3) is 0 Å². The van der Waals surface area contributed by atoms with Crippen LogP contribution in [0.1, 0.15) is 13.8 Å². The highest BCUT2D eigenvalue weighted by Crippen LogP contribution is 2.36. The molecule has 0 fully saturated rings. The highest BCUT2D eigenvalue weighted by atomic mass is 19.2. The quantitative estimate of drug-likeness (QED) is 0.856. The van der Waals surface area contributed by atoms with Gasteiger partial charge in [-0.1, -0.05) is 12.1 Å². The first-order chi connectivity index (χ1) is 9.49. The molecule has 2 N–H and O–H groups in total. The zero-order chi connectivity index (χ0) is 14.7. The number of benzene rings is 2. The maximum absolute atomic E-state index is 13.6. The second-order valence-electron chi connectivity index (χ2n) is 4.49. The van der Waals surface area contributed by atoms with Gasteiger partial charge < -0.3 is 15.2 Å². The molecule has 0 atom stereocenters. The highest BCUT2D eigenvalue weighted by molar-refractivity contribution is 5.63. The van der Waals surface area contributed by atoms with Crippen molar-refractivity contribution in [3.8, 4) is 17.2 Å². The van der Waals surface area contributed by atoms with Crippen LogP contribution in [0.5, 0.6) is 17.2 Å². The Morgan fingerprint density at radius 1 is 0.950 bits per heavy atom. The molecule has 0 amide bonds. The molecule has 2 aromatic carbocycles. The van der Waals surface area contributed by atoms with Crippen LogP contribution < -0.4 is 15.2 Å². The Bertz CT molecular complexity index is 615. The van der Waals surface area contributed by atoms with E-state index in [0.29, 0.717) is 5.75 Å². The third-order valence-electron chi connectivity index (χ3n) is 2.52. The third-order valence-corrected chi connectivity index (χ3v) is 2.52. The Morgan fingerprint density at radius 3 is 2.25 bits per heavy atom. The van der Waals surface area contributed by atoms with Crippen molar-refractivity contribution in [1.29, 1.82) is 0 Å². The van der Waals surface area contributed by atoms with Gasteiger partial charge in [-0.2, -0.15) is 4.39 Å². The van der Waals surface area contributed by atoms with E-state index in [2.05, 4.69) is 0 Å². The lowest BCUT2D eigenvalue weighted by molar-refractivity contribution is 0.243. The molecule has 0 saturated heterocycles. The second kappa shape index (κ2) is 5.77. The van der Waals surface area contributed by atoms with Crippen LogP contribution in [0.15, 0.2) is 36.4 Å². The average molecular weight is 279 g/mol. The van der Waals surface area contributed by atoms with E-state index < -0.39 is 11.6 Å². The molecule has 0 aliphatic rings. The fraction of sp³-hybridized carbons (Fsp3) is 0.200. The second-order valence-corrected chi connectivity index (χ2v) is 4.49. The van der Waals surface area contributed by atoms with Crippen LogP contribution in [0.4, 0.5) is 14.5 Å². The molecule has 0 spiro atoms. The summed E-state index contributed by atoms with van der Waals surface area (Å²) in [6.07, 6.45) is -0.0570. The van der Waals surface area contributed by atoms with Gasteiger partial charge in [-0.25, -0.2) is 4.39 Å². The number of rotatable bonds is 4. The van der Waals surface area contributed by atoms with Crippen molar-refractivity contribution in [3.05, 3.63) is 48.0 Å². The zero-order valence-electron chi connectivity index (χ0n) is 11.2. The molecule has 2 rings (SSSR count). The predicted molar refractivity (Wildman–Crippen MR) is 73.1 cm³/mol. The molecular weight excluding hydrogens is 264 g/mol. The van der Waals surface area contributed by atoms with Gasteiger partial charge >= 0.3 is 0 Å². The topological polar surface area (TPSA) is 44.5 Å². The molecule has 0 bridgehead atoms. The van der Waals surface area contributed by atoms with Crippen molar-refractivity contribution in [2.45, 2.75) is 20.0 Å². The molecule has 0 saturated carbocycles. The number of hydrogen-bond acceptors (Lipinski definition) is 3. The first kappa shape index (κ1) is 14.1. The van der Waals surface area contributed by atoms with Gasteiger partial charge in [0.05, 0.1) is 6.10 Å². The van der Waals surface area contributed by atoms with Crippen LogP contribution in [-0.4, -0.2) is 6.10 Å². The van der Waals surface area contributed by atoms with Crippen LogP contribution in [0.2, 0.25) is 0 Å². The first-order valence-corrected chi connectivity index (χ1v) is 6.16.